The highest BCUT2D eigenvalue weighted by molar-refractivity contribution is 5.68. The van der Waals surface area contributed by atoms with Crippen molar-refractivity contribution in [3.05, 3.63) is 24.3 Å². The molecule has 0 spiro atoms. The number of alkyl carbamates (subject to hydrolysis) is 1. The van der Waals surface area contributed by atoms with E-state index in [-0.39, 0.29) is 12.2 Å². The molecule has 0 radical (unpaired) electrons. The lowest BCUT2D eigenvalue weighted by Gasteiger charge is -2.28. The number of hydrogen-bond acceptors (Lipinski definition) is 3. The molecule has 0 heterocycles. The first kappa shape index (κ1) is 12.8. The molecule has 0 saturated carbocycles. The molecular formula is C12H20N2O2. The Balaban J connectivity index is 2.15. The van der Waals surface area contributed by atoms with Crippen LogP contribution in [0.15, 0.2) is 24.3 Å². The molecule has 4 nitrogen and oxygen atoms in total. The Kier molecular flexibility index (Phi) is 5.64. The first-order valence-electron chi connectivity index (χ1n) is 5.75. The maximum absolute atomic E-state index is 11.3. The van der Waals surface area contributed by atoms with Gasteiger partial charge in [0.2, 0.25) is 0 Å². The molecular weight excluding hydrogens is 204 g/mol. The minimum Gasteiger partial charge on any atom is -0.441 e. The van der Waals surface area contributed by atoms with Crippen molar-refractivity contribution >= 4 is 6.09 Å². The molecule has 0 fully saturated rings. The molecule has 0 aromatic rings. The van der Waals surface area contributed by atoms with E-state index in [1.54, 1.807) is 12.2 Å². The highest BCUT2D eigenvalue weighted by Gasteiger charge is 2.26. The van der Waals surface area contributed by atoms with Crippen molar-refractivity contribution in [2.75, 3.05) is 13.1 Å². The Hall–Kier alpha value is -1.29. The summed E-state index contributed by atoms with van der Waals surface area (Å²) in [6.45, 7) is 3.08. The van der Waals surface area contributed by atoms with Crippen LogP contribution in [0, 0.1) is 5.92 Å². The van der Waals surface area contributed by atoms with Gasteiger partial charge in [-0.25, -0.2) is 4.79 Å². The van der Waals surface area contributed by atoms with E-state index >= 15 is 0 Å². The van der Waals surface area contributed by atoms with Gasteiger partial charge >= 0.3 is 6.09 Å². The molecule has 90 valence electrons. The summed E-state index contributed by atoms with van der Waals surface area (Å²) < 4.78 is 5.23. The van der Waals surface area contributed by atoms with E-state index < -0.39 is 0 Å². The van der Waals surface area contributed by atoms with Crippen molar-refractivity contribution in [2.24, 2.45) is 11.7 Å². The van der Waals surface area contributed by atoms with Crippen molar-refractivity contribution in [1.82, 2.24) is 5.32 Å². The summed E-state index contributed by atoms with van der Waals surface area (Å²) in [6, 6.07) is 0. The SMILES string of the molecule is CCC[C@@H]1C=CC1OC(=O)NC/C=C/CN. The Morgan fingerprint density at radius 3 is 2.88 bits per heavy atom. The summed E-state index contributed by atoms with van der Waals surface area (Å²) in [6.07, 6.45) is 9.39. The second-order valence-electron chi connectivity index (χ2n) is 3.80. The highest BCUT2D eigenvalue weighted by atomic mass is 16.6. The molecule has 1 aliphatic rings. The zero-order valence-electron chi connectivity index (χ0n) is 9.69. The van der Waals surface area contributed by atoms with E-state index in [9.17, 15) is 4.79 Å². The zero-order valence-corrected chi connectivity index (χ0v) is 9.69. The molecule has 1 unspecified atom stereocenters. The van der Waals surface area contributed by atoms with Gasteiger partial charge in [0.1, 0.15) is 6.10 Å². The normalized spacial score (nSPS) is 23.1. The summed E-state index contributed by atoms with van der Waals surface area (Å²) in [5.74, 6) is 0.398. The van der Waals surface area contributed by atoms with E-state index in [2.05, 4.69) is 18.3 Å². The third kappa shape index (κ3) is 4.06. The van der Waals surface area contributed by atoms with Crippen molar-refractivity contribution in [2.45, 2.75) is 25.9 Å². The molecule has 0 aromatic heterocycles. The van der Waals surface area contributed by atoms with Crippen LogP contribution < -0.4 is 11.1 Å². The molecule has 1 rings (SSSR count). The van der Waals surface area contributed by atoms with Gasteiger partial charge in [-0.1, -0.05) is 31.6 Å². The Morgan fingerprint density at radius 1 is 1.50 bits per heavy atom. The summed E-state index contributed by atoms with van der Waals surface area (Å²) in [7, 11) is 0. The van der Waals surface area contributed by atoms with Crippen LogP contribution in [-0.4, -0.2) is 25.3 Å². The number of rotatable bonds is 6. The van der Waals surface area contributed by atoms with E-state index in [1.165, 1.54) is 0 Å². The Morgan fingerprint density at radius 2 is 2.31 bits per heavy atom. The zero-order chi connectivity index (χ0) is 11.8. The van der Waals surface area contributed by atoms with Crippen molar-refractivity contribution in [3.63, 3.8) is 0 Å². The number of amides is 1. The van der Waals surface area contributed by atoms with Gasteiger partial charge in [0.05, 0.1) is 0 Å². The summed E-state index contributed by atoms with van der Waals surface area (Å²) >= 11 is 0. The van der Waals surface area contributed by atoms with Crippen molar-refractivity contribution in [1.29, 1.82) is 0 Å². The minimum absolute atomic E-state index is 0.0431. The number of carbonyl (C=O) groups excluding carboxylic acids is 1. The van der Waals surface area contributed by atoms with Crippen LogP contribution in [-0.2, 0) is 4.74 Å². The third-order valence-electron chi connectivity index (χ3n) is 2.50. The van der Waals surface area contributed by atoms with Gasteiger partial charge in [-0.15, -0.1) is 0 Å². The third-order valence-corrected chi connectivity index (χ3v) is 2.50. The quantitative estimate of drug-likeness (QED) is 0.673. The predicted octanol–water partition coefficient (Wildman–Crippen LogP) is 1.58. The van der Waals surface area contributed by atoms with E-state index in [4.69, 9.17) is 10.5 Å². The summed E-state index contributed by atoms with van der Waals surface area (Å²) in [5.41, 5.74) is 5.27. The van der Waals surface area contributed by atoms with Gasteiger partial charge in [0, 0.05) is 19.0 Å². The van der Waals surface area contributed by atoms with Crippen LogP contribution in [0.25, 0.3) is 0 Å². The molecule has 2 atom stereocenters. The molecule has 16 heavy (non-hydrogen) atoms. The largest absolute Gasteiger partial charge is 0.441 e. The number of ether oxygens (including phenoxy) is 1. The van der Waals surface area contributed by atoms with Crippen LogP contribution in [0.5, 0.6) is 0 Å². The van der Waals surface area contributed by atoms with Gasteiger partial charge in [0.15, 0.2) is 0 Å². The summed E-state index contributed by atoms with van der Waals surface area (Å²) in [4.78, 5) is 11.3. The number of nitrogens with one attached hydrogen (secondary N) is 1. The molecule has 0 aliphatic heterocycles. The van der Waals surface area contributed by atoms with Gasteiger partial charge in [-0.2, -0.15) is 0 Å². The standard InChI is InChI=1S/C12H20N2O2/c1-2-5-10-6-7-11(10)16-12(15)14-9-4-3-8-13/h3-4,6-7,10-11H,2,5,8-9,13H2,1H3,(H,14,15)/b4-3+/t10-,11?/m1/s1. The van der Waals surface area contributed by atoms with Crippen molar-refractivity contribution < 1.29 is 9.53 Å². The van der Waals surface area contributed by atoms with Crippen molar-refractivity contribution in [3.8, 4) is 0 Å². The van der Waals surface area contributed by atoms with Crippen LogP contribution in [0.2, 0.25) is 0 Å². The van der Waals surface area contributed by atoms with E-state index in [0.717, 1.165) is 12.8 Å². The lowest BCUT2D eigenvalue weighted by molar-refractivity contribution is 0.0866. The fraction of sp³-hybridized carbons (Fsp3) is 0.583. The molecule has 1 aliphatic carbocycles. The van der Waals surface area contributed by atoms with Crippen LogP contribution in [0.4, 0.5) is 4.79 Å². The average molecular weight is 224 g/mol. The molecule has 0 bridgehead atoms. The molecule has 0 aromatic carbocycles. The van der Waals surface area contributed by atoms with Gasteiger partial charge < -0.3 is 15.8 Å². The lowest BCUT2D eigenvalue weighted by Crippen LogP contribution is -2.35. The smallest absolute Gasteiger partial charge is 0.407 e. The van der Waals surface area contributed by atoms with E-state index in [0.29, 0.717) is 19.0 Å². The predicted molar refractivity (Wildman–Crippen MR) is 64.0 cm³/mol. The van der Waals surface area contributed by atoms with Crippen LogP contribution >= 0.6 is 0 Å². The second-order valence-corrected chi connectivity index (χ2v) is 3.80. The first-order chi connectivity index (χ1) is 7.77. The Labute approximate surface area is 96.5 Å². The minimum atomic E-state index is -0.364. The first-order valence-corrected chi connectivity index (χ1v) is 5.75. The number of nitrogens with two attached hydrogens (primary N) is 1. The highest BCUT2D eigenvalue weighted by Crippen LogP contribution is 2.25. The fourth-order valence-corrected chi connectivity index (χ4v) is 1.57. The number of hydrogen-bond donors (Lipinski definition) is 2. The van der Waals surface area contributed by atoms with Crippen LogP contribution in [0.3, 0.4) is 0 Å². The Bertz CT molecular complexity index is 274. The molecule has 4 heteroatoms. The summed E-state index contributed by atoms with van der Waals surface area (Å²) in [5, 5.41) is 2.64. The maximum Gasteiger partial charge on any atom is 0.407 e. The molecule has 0 saturated heterocycles. The lowest BCUT2D eigenvalue weighted by atomic mass is 9.87. The number of carbonyl (C=O) groups is 1. The van der Waals surface area contributed by atoms with Gasteiger partial charge in [0.25, 0.3) is 0 Å². The fourth-order valence-electron chi connectivity index (χ4n) is 1.57. The maximum atomic E-state index is 11.3. The topological polar surface area (TPSA) is 64.3 Å². The molecule has 1 amide bonds. The monoisotopic (exact) mass is 224 g/mol. The molecule has 3 N–H and O–H groups in total. The average Bonchev–Trinajstić information content (AvgIpc) is 2.27. The van der Waals surface area contributed by atoms with E-state index in [1.807, 2.05) is 6.08 Å². The van der Waals surface area contributed by atoms with Gasteiger partial charge in [-0.3, -0.25) is 0 Å². The van der Waals surface area contributed by atoms with Crippen LogP contribution in [0.1, 0.15) is 19.8 Å². The second kappa shape index (κ2) is 7.06. The van der Waals surface area contributed by atoms with Gasteiger partial charge in [-0.05, 0) is 12.5 Å².